The van der Waals surface area contributed by atoms with Crippen LogP contribution in [0.3, 0.4) is 0 Å². The van der Waals surface area contributed by atoms with E-state index in [0.717, 1.165) is 0 Å². The summed E-state index contributed by atoms with van der Waals surface area (Å²) in [5, 5.41) is 0. The third-order valence-electron chi connectivity index (χ3n) is 14.5. The minimum Gasteiger partial charge on any atom is -0.0654 e. The van der Waals surface area contributed by atoms with Gasteiger partial charge in [-0.05, 0) is 128 Å². The van der Waals surface area contributed by atoms with Crippen molar-refractivity contribution in [3.05, 3.63) is 0 Å². The quantitative estimate of drug-likeness (QED) is 0.0746. The van der Waals surface area contributed by atoms with E-state index in [9.17, 15) is 0 Å². The summed E-state index contributed by atoms with van der Waals surface area (Å²) in [6, 6.07) is 0. The molecule has 2 heteroatoms. The molecule has 0 radical (unpaired) electrons. The lowest BCUT2D eigenvalue weighted by Gasteiger charge is -2.48. The van der Waals surface area contributed by atoms with Gasteiger partial charge in [-0.15, -0.1) is 0 Å². The first-order valence-corrected chi connectivity index (χ1v) is 27.1. The highest BCUT2D eigenvalue weighted by Crippen LogP contribution is 2.78. The molecule has 0 spiro atoms. The maximum absolute atomic E-state index is 2.38. The molecule has 0 amide bonds. The van der Waals surface area contributed by atoms with Gasteiger partial charge < -0.3 is 0 Å². The summed E-state index contributed by atoms with van der Waals surface area (Å²) in [5.41, 5.74) is 4.73. The molecular weight excluding hydrogens is 590 g/mol. The summed E-state index contributed by atoms with van der Waals surface area (Å²) in [4.78, 5) is 0. The molecule has 4 aliphatic rings. The van der Waals surface area contributed by atoms with Crippen molar-refractivity contribution in [3.63, 3.8) is 0 Å². The van der Waals surface area contributed by atoms with Gasteiger partial charge in [-0.1, -0.05) is 104 Å². The van der Waals surface area contributed by atoms with Crippen LogP contribution < -0.4 is 0 Å². The van der Waals surface area contributed by atoms with Gasteiger partial charge in [0.1, 0.15) is 0 Å². The Bertz CT molecular complexity index is 624. The molecule has 270 valence electrons. The van der Waals surface area contributed by atoms with E-state index in [0.29, 0.717) is 0 Å². The minimum absolute atomic E-state index is 0.937. The van der Waals surface area contributed by atoms with Crippen LogP contribution in [0.25, 0.3) is 0 Å². The predicted molar refractivity (Wildman–Crippen MR) is 217 cm³/mol. The zero-order chi connectivity index (χ0) is 32.2. The standard InChI is InChI=1S/C44H86P2/c1-3-5-7-9-11-13-27-37-45(41-29-19-15-20-30-41,42-31-21-16-22-32-42)39-40-46(43-33-23-17-24-34-43,44-35-25-18-26-36-44)38-28-14-12-10-8-6-4-2/h41-44H,3-40H2,1-2H3/q+2. The second-order valence-corrected chi connectivity index (χ2v) is 26.6. The fourth-order valence-electron chi connectivity index (χ4n) is 11.8. The molecular formula is C44H86P2+2. The molecule has 0 nitrogen and oxygen atoms in total. The normalized spacial score (nSPS) is 22.0. The van der Waals surface area contributed by atoms with Crippen molar-refractivity contribution < 1.29 is 0 Å². The molecule has 0 bridgehead atoms. The first-order valence-electron chi connectivity index (χ1n) is 22.5. The summed E-state index contributed by atoms with van der Waals surface area (Å²) in [6.07, 6.45) is 60.3. The van der Waals surface area contributed by atoms with Gasteiger partial charge in [-0.3, -0.25) is 0 Å². The van der Waals surface area contributed by atoms with Crippen LogP contribution in [-0.2, 0) is 0 Å². The Balaban J connectivity index is 1.58. The van der Waals surface area contributed by atoms with Crippen molar-refractivity contribution in [1.29, 1.82) is 0 Å². The molecule has 4 rings (SSSR count). The molecule has 0 aromatic rings. The highest BCUT2D eigenvalue weighted by molar-refractivity contribution is 7.81. The van der Waals surface area contributed by atoms with Crippen molar-refractivity contribution in [2.45, 2.75) is 255 Å². The highest BCUT2D eigenvalue weighted by Gasteiger charge is 2.57. The van der Waals surface area contributed by atoms with Crippen molar-refractivity contribution in [2.24, 2.45) is 0 Å². The number of hydrogen-bond donors (Lipinski definition) is 0. The second kappa shape index (κ2) is 23.4. The molecule has 46 heavy (non-hydrogen) atoms. The Labute approximate surface area is 293 Å². The van der Waals surface area contributed by atoms with E-state index >= 15 is 0 Å². The lowest BCUT2D eigenvalue weighted by Crippen LogP contribution is -2.37. The summed E-state index contributed by atoms with van der Waals surface area (Å²) >= 11 is 0. The van der Waals surface area contributed by atoms with E-state index in [1.807, 2.05) is 0 Å². The van der Waals surface area contributed by atoms with Gasteiger partial charge in [0.15, 0.2) is 0 Å². The van der Waals surface area contributed by atoms with Gasteiger partial charge >= 0.3 is 0 Å². The Morgan fingerprint density at radius 3 is 0.783 bits per heavy atom. The SMILES string of the molecule is CCCCCCCCC[P+](CC[P+](CCCCCCCCC)(C1CCCCC1)C1CCCCC1)(C1CCCCC1)C1CCCCC1. The third-order valence-corrected chi connectivity index (χ3v) is 27.1. The van der Waals surface area contributed by atoms with Crippen LogP contribution in [0.5, 0.6) is 0 Å². The Morgan fingerprint density at radius 2 is 0.522 bits per heavy atom. The fraction of sp³-hybridized carbons (Fsp3) is 1.00. The molecule has 0 saturated heterocycles. The molecule has 0 aliphatic heterocycles. The van der Waals surface area contributed by atoms with Crippen molar-refractivity contribution in [1.82, 2.24) is 0 Å². The lowest BCUT2D eigenvalue weighted by atomic mass is 9.99. The molecule has 0 unspecified atom stereocenters. The van der Waals surface area contributed by atoms with Gasteiger partial charge in [0.05, 0.1) is 47.3 Å². The maximum Gasteiger partial charge on any atom is 0.0935 e. The molecule has 0 atom stereocenters. The van der Waals surface area contributed by atoms with E-state index in [1.165, 1.54) is 86.8 Å². The zero-order valence-electron chi connectivity index (χ0n) is 32.1. The molecule has 0 N–H and O–H groups in total. The fourth-order valence-corrected chi connectivity index (χ4v) is 26.5. The molecule has 4 fully saturated rings. The van der Waals surface area contributed by atoms with Gasteiger partial charge in [0, 0.05) is 14.5 Å². The summed E-state index contributed by atoms with van der Waals surface area (Å²) in [5.74, 6) is 0. The van der Waals surface area contributed by atoms with Crippen LogP contribution in [0.4, 0.5) is 0 Å². The summed E-state index contributed by atoms with van der Waals surface area (Å²) < 4.78 is 0. The van der Waals surface area contributed by atoms with Gasteiger partial charge in [0.25, 0.3) is 0 Å². The van der Waals surface area contributed by atoms with E-state index < -0.39 is 14.5 Å². The minimum atomic E-state index is -0.937. The van der Waals surface area contributed by atoms with Crippen LogP contribution in [0.1, 0.15) is 232 Å². The third kappa shape index (κ3) is 12.3. The molecule has 0 aromatic carbocycles. The van der Waals surface area contributed by atoms with Gasteiger partial charge in [-0.2, -0.15) is 0 Å². The van der Waals surface area contributed by atoms with Crippen LogP contribution in [-0.4, -0.2) is 47.3 Å². The summed E-state index contributed by atoms with van der Waals surface area (Å²) in [6.45, 7) is 4.76. The molecule has 4 aliphatic carbocycles. The van der Waals surface area contributed by atoms with Crippen molar-refractivity contribution in [2.75, 3.05) is 24.6 Å². The number of rotatable bonds is 23. The average Bonchev–Trinajstić information content (AvgIpc) is 3.12. The smallest absolute Gasteiger partial charge is 0.0654 e. The lowest BCUT2D eigenvalue weighted by molar-refractivity contribution is 0.473. The topological polar surface area (TPSA) is 0 Å². The van der Waals surface area contributed by atoms with Gasteiger partial charge in [-0.25, -0.2) is 0 Å². The Hall–Kier alpha value is 0.860. The summed E-state index contributed by atoms with van der Waals surface area (Å²) in [7, 11) is -1.87. The van der Waals surface area contributed by atoms with E-state index in [2.05, 4.69) is 13.8 Å². The van der Waals surface area contributed by atoms with Crippen LogP contribution >= 0.6 is 14.5 Å². The van der Waals surface area contributed by atoms with Crippen molar-refractivity contribution in [3.8, 4) is 0 Å². The van der Waals surface area contributed by atoms with E-state index in [-0.39, 0.29) is 0 Å². The largest absolute Gasteiger partial charge is 0.0935 e. The number of hydrogen-bond acceptors (Lipinski definition) is 0. The zero-order valence-corrected chi connectivity index (χ0v) is 33.9. The first kappa shape index (κ1) is 39.6. The molecule has 0 heterocycles. The van der Waals surface area contributed by atoms with Crippen LogP contribution in [0.15, 0.2) is 0 Å². The van der Waals surface area contributed by atoms with Crippen molar-refractivity contribution >= 4 is 14.5 Å². The van der Waals surface area contributed by atoms with Crippen LogP contribution in [0, 0.1) is 0 Å². The van der Waals surface area contributed by atoms with E-state index in [4.69, 9.17) is 0 Å². The van der Waals surface area contributed by atoms with Crippen LogP contribution in [0.2, 0.25) is 0 Å². The van der Waals surface area contributed by atoms with E-state index in [1.54, 1.807) is 179 Å². The Kier molecular flexibility index (Phi) is 20.1. The first-order chi connectivity index (χ1) is 22.7. The molecule has 0 aromatic heterocycles. The maximum atomic E-state index is 2.38. The average molecular weight is 677 g/mol. The highest BCUT2D eigenvalue weighted by atomic mass is 31.2. The second-order valence-electron chi connectivity index (χ2n) is 17.5. The monoisotopic (exact) mass is 677 g/mol. The predicted octanol–water partition coefficient (Wildman–Crippen LogP) is 15.9. The Morgan fingerprint density at radius 1 is 0.283 bits per heavy atom. The van der Waals surface area contributed by atoms with Gasteiger partial charge in [0.2, 0.25) is 0 Å². The number of unbranched alkanes of at least 4 members (excludes halogenated alkanes) is 12. The molecule has 4 saturated carbocycles.